The van der Waals surface area contributed by atoms with Crippen LogP contribution >= 0.6 is 0 Å². The molecule has 0 amide bonds. The van der Waals surface area contributed by atoms with Gasteiger partial charge in [-0.1, -0.05) is 6.92 Å². The van der Waals surface area contributed by atoms with Crippen LogP contribution in [0.2, 0.25) is 0 Å². The molecule has 0 N–H and O–H groups in total. The standard InChI is InChI=1S/C12H27N3/c1-5-14(4)12-6-8-15(9-7-12)11-10-13(2)3/h12H,5-11H2,1-4H3. The number of nitrogens with zero attached hydrogens (tertiary/aromatic N) is 3. The van der Waals surface area contributed by atoms with E-state index in [0.29, 0.717) is 0 Å². The third-order valence-electron chi connectivity index (χ3n) is 3.54. The van der Waals surface area contributed by atoms with Gasteiger partial charge in [-0.05, 0) is 53.6 Å². The van der Waals surface area contributed by atoms with Gasteiger partial charge in [0.15, 0.2) is 0 Å². The van der Waals surface area contributed by atoms with Crippen LogP contribution in [0.1, 0.15) is 19.8 Å². The zero-order valence-corrected chi connectivity index (χ0v) is 10.9. The monoisotopic (exact) mass is 213 g/mol. The molecule has 15 heavy (non-hydrogen) atoms. The highest BCUT2D eigenvalue weighted by molar-refractivity contribution is 4.77. The van der Waals surface area contributed by atoms with E-state index in [4.69, 9.17) is 0 Å². The van der Waals surface area contributed by atoms with Gasteiger partial charge in [0, 0.05) is 19.1 Å². The van der Waals surface area contributed by atoms with Crippen LogP contribution in [0.5, 0.6) is 0 Å². The number of likely N-dealkylation sites (N-methyl/N-ethyl adjacent to an activating group) is 1. The Morgan fingerprint density at radius 2 is 1.73 bits per heavy atom. The van der Waals surface area contributed by atoms with Crippen LogP contribution in [0, 0.1) is 0 Å². The molecule has 0 saturated carbocycles. The molecule has 0 unspecified atom stereocenters. The van der Waals surface area contributed by atoms with Crippen molar-refractivity contribution in [2.75, 3.05) is 53.9 Å². The van der Waals surface area contributed by atoms with E-state index in [2.05, 4.69) is 42.8 Å². The van der Waals surface area contributed by atoms with Crippen molar-refractivity contribution in [1.82, 2.24) is 14.7 Å². The number of rotatable bonds is 5. The average molecular weight is 213 g/mol. The quantitative estimate of drug-likeness (QED) is 0.673. The number of likely N-dealkylation sites (tertiary alicyclic amines) is 1. The average Bonchev–Trinajstić information content (AvgIpc) is 2.26. The first kappa shape index (κ1) is 12.9. The summed E-state index contributed by atoms with van der Waals surface area (Å²) in [5.41, 5.74) is 0. The van der Waals surface area contributed by atoms with Gasteiger partial charge in [0.1, 0.15) is 0 Å². The third kappa shape index (κ3) is 4.49. The van der Waals surface area contributed by atoms with E-state index < -0.39 is 0 Å². The topological polar surface area (TPSA) is 9.72 Å². The SMILES string of the molecule is CCN(C)C1CCN(CCN(C)C)CC1. The van der Waals surface area contributed by atoms with E-state index in [1.165, 1.54) is 45.6 Å². The van der Waals surface area contributed by atoms with E-state index in [9.17, 15) is 0 Å². The summed E-state index contributed by atoms with van der Waals surface area (Å²) in [4.78, 5) is 7.35. The molecule has 0 aromatic rings. The lowest BCUT2D eigenvalue weighted by Gasteiger charge is -2.36. The van der Waals surface area contributed by atoms with Gasteiger partial charge in [-0.2, -0.15) is 0 Å². The molecule has 1 rings (SSSR count). The Labute approximate surface area is 95.0 Å². The van der Waals surface area contributed by atoms with Crippen LogP contribution in [-0.4, -0.2) is 74.6 Å². The predicted molar refractivity (Wildman–Crippen MR) is 66.3 cm³/mol. The summed E-state index contributed by atoms with van der Waals surface area (Å²) in [7, 11) is 6.55. The van der Waals surface area contributed by atoms with Crippen molar-refractivity contribution >= 4 is 0 Å². The highest BCUT2D eigenvalue weighted by atomic mass is 15.2. The summed E-state index contributed by atoms with van der Waals surface area (Å²) < 4.78 is 0. The lowest BCUT2D eigenvalue weighted by molar-refractivity contribution is 0.126. The van der Waals surface area contributed by atoms with Gasteiger partial charge in [-0.3, -0.25) is 0 Å². The van der Waals surface area contributed by atoms with Gasteiger partial charge < -0.3 is 14.7 Å². The van der Waals surface area contributed by atoms with Crippen LogP contribution in [0.4, 0.5) is 0 Å². The minimum Gasteiger partial charge on any atom is -0.308 e. The van der Waals surface area contributed by atoms with Crippen molar-refractivity contribution in [3.8, 4) is 0 Å². The zero-order valence-electron chi connectivity index (χ0n) is 10.9. The van der Waals surface area contributed by atoms with Gasteiger partial charge in [-0.15, -0.1) is 0 Å². The number of hydrogen-bond acceptors (Lipinski definition) is 3. The number of hydrogen-bond donors (Lipinski definition) is 0. The Balaban J connectivity index is 2.18. The highest BCUT2D eigenvalue weighted by Gasteiger charge is 2.20. The molecule has 3 nitrogen and oxygen atoms in total. The second kappa shape index (κ2) is 6.46. The molecule has 1 aliphatic rings. The van der Waals surface area contributed by atoms with Crippen LogP contribution < -0.4 is 0 Å². The molecule has 1 heterocycles. The minimum absolute atomic E-state index is 0.825. The van der Waals surface area contributed by atoms with Crippen LogP contribution in [-0.2, 0) is 0 Å². The molecule has 0 aromatic heterocycles. The third-order valence-corrected chi connectivity index (χ3v) is 3.54. The summed E-state index contributed by atoms with van der Waals surface area (Å²) in [5.74, 6) is 0. The molecule has 1 fully saturated rings. The molecule has 3 heteroatoms. The Morgan fingerprint density at radius 3 is 2.20 bits per heavy atom. The first-order valence-electron chi connectivity index (χ1n) is 6.20. The first-order chi connectivity index (χ1) is 7.13. The molecule has 0 atom stereocenters. The van der Waals surface area contributed by atoms with Crippen molar-refractivity contribution in [3.63, 3.8) is 0 Å². The summed E-state index contributed by atoms with van der Waals surface area (Å²) in [5, 5.41) is 0. The van der Waals surface area contributed by atoms with Crippen molar-refractivity contribution in [2.45, 2.75) is 25.8 Å². The first-order valence-corrected chi connectivity index (χ1v) is 6.20. The molecule has 0 bridgehead atoms. The molecule has 0 aromatic carbocycles. The van der Waals surface area contributed by atoms with Gasteiger partial charge in [0.2, 0.25) is 0 Å². The highest BCUT2D eigenvalue weighted by Crippen LogP contribution is 2.14. The van der Waals surface area contributed by atoms with Crippen LogP contribution in [0.25, 0.3) is 0 Å². The van der Waals surface area contributed by atoms with E-state index in [0.717, 1.165) is 6.04 Å². The van der Waals surface area contributed by atoms with Crippen molar-refractivity contribution < 1.29 is 0 Å². The molecule has 0 spiro atoms. The van der Waals surface area contributed by atoms with E-state index in [-0.39, 0.29) is 0 Å². The van der Waals surface area contributed by atoms with Gasteiger partial charge >= 0.3 is 0 Å². The van der Waals surface area contributed by atoms with Crippen LogP contribution in [0.15, 0.2) is 0 Å². The fourth-order valence-electron chi connectivity index (χ4n) is 2.18. The smallest absolute Gasteiger partial charge is 0.0116 e. The fourth-order valence-corrected chi connectivity index (χ4v) is 2.18. The summed E-state index contributed by atoms with van der Waals surface area (Å²) >= 11 is 0. The van der Waals surface area contributed by atoms with Crippen LogP contribution in [0.3, 0.4) is 0 Å². The molecule has 1 aliphatic heterocycles. The Kier molecular flexibility index (Phi) is 5.58. The van der Waals surface area contributed by atoms with Crippen molar-refractivity contribution in [1.29, 1.82) is 0 Å². The largest absolute Gasteiger partial charge is 0.308 e. The van der Waals surface area contributed by atoms with Crippen molar-refractivity contribution in [2.24, 2.45) is 0 Å². The van der Waals surface area contributed by atoms with E-state index in [1.807, 2.05) is 0 Å². The Bertz CT molecular complexity index is 162. The summed E-state index contributed by atoms with van der Waals surface area (Å²) in [6.45, 7) is 8.41. The predicted octanol–water partition coefficient (Wildman–Crippen LogP) is 0.964. The maximum atomic E-state index is 2.60. The maximum absolute atomic E-state index is 2.60. The molecule has 0 radical (unpaired) electrons. The van der Waals surface area contributed by atoms with E-state index in [1.54, 1.807) is 0 Å². The van der Waals surface area contributed by atoms with Gasteiger partial charge in [0.05, 0.1) is 0 Å². The normalized spacial score (nSPS) is 20.4. The molecule has 0 aliphatic carbocycles. The van der Waals surface area contributed by atoms with E-state index >= 15 is 0 Å². The minimum atomic E-state index is 0.825. The van der Waals surface area contributed by atoms with Crippen molar-refractivity contribution in [3.05, 3.63) is 0 Å². The summed E-state index contributed by atoms with van der Waals surface area (Å²) in [6.07, 6.45) is 2.69. The second-order valence-corrected chi connectivity index (χ2v) is 4.95. The lowest BCUT2D eigenvalue weighted by atomic mass is 10.0. The lowest BCUT2D eigenvalue weighted by Crippen LogP contribution is -2.44. The molecular weight excluding hydrogens is 186 g/mol. The molecular formula is C12H27N3. The van der Waals surface area contributed by atoms with Gasteiger partial charge in [0.25, 0.3) is 0 Å². The Hall–Kier alpha value is -0.120. The summed E-state index contributed by atoms with van der Waals surface area (Å²) in [6, 6.07) is 0.825. The zero-order chi connectivity index (χ0) is 11.3. The Morgan fingerprint density at radius 1 is 1.13 bits per heavy atom. The second-order valence-electron chi connectivity index (χ2n) is 4.95. The molecule has 1 saturated heterocycles. The fraction of sp³-hybridized carbons (Fsp3) is 1.00. The van der Waals surface area contributed by atoms with Gasteiger partial charge in [-0.25, -0.2) is 0 Å². The number of piperidine rings is 1. The maximum Gasteiger partial charge on any atom is 0.0116 e. The molecule has 90 valence electrons.